The van der Waals surface area contributed by atoms with E-state index >= 15 is 0 Å². The lowest BCUT2D eigenvalue weighted by Crippen LogP contribution is -2.33. The first-order valence-corrected chi connectivity index (χ1v) is 8.88. The summed E-state index contributed by atoms with van der Waals surface area (Å²) in [5.41, 5.74) is 6.04. The number of hydrogen-bond donors (Lipinski definition) is 1. The quantitative estimate of drug-likeness (QED) is 0.850. The van der Waals surface area contributed by atoms with Crippen LogP contribution in [0.1, 0.15) is 37.7 Å². The van der Waals surface area contributed by atoms with Crippen molar-refractivity contribution in [2.45, 2.75) is 37.0 Å². The van der Waals surface area contributed by atoms with Crippen LogP contribution in [-0.2, 0) is 10.0 Å². The summed E-state index contributed by atoms with van der Waals surface area (Å²) < 4.78 is 27.1. The zero-order chi connectivity index (χ0) is 15.1. The van der Waals surface area contributed by atoms with Gasteiger partial charge in [-0.15, -0.1) is 0 Å². The van der Waals surface area contributed by atoms with Crippen LogP contribution in [-0.4, -0.2) is 32.4 Å². The summed E-state index contributed by atoms with van der Waals surface area (Å²) in [6.07, 6.45) is 5.29. The van der Waals surface area contributed by atoms with Gasteiger partial charge >= 0.3 is 0 Å². The second-order valence-electron chi connectivity index (χ2n) is 5.21. The molecule has 0 aromatic heterocycles. The first kappa shape index (κ1) is 16.0. The molecule has 5 heteroatoms. The first-order chi connectivity index (χ1) is 10.1. The summed E-state index contributed by atoms with van der Waals surface area (Å²) in [6.45, 7) is 1.49. The third-order valence-corrected chi connectivity index (χ3v) is 5.52. The number of nitrogens with zero attached hydrogens (tertiary/aromatic N) is 1. The van der Waals surface area contributed by atoms with Crippen molar-refractivity contribution in [1.82, 2.24) is 4.31 Å². The summed E-state index contributed by atoms with van der Waals surface area (Å²) >= 11 is 0. The Kier molecular flexibility index (Phi) is 5.80. The average Bonchev–Trinajstić information content (AvgIpc) is 2.44. The molecule has 0 unspecified atom stereocenters. The van der Waals surface area contributed by atoms with E-state index < -0.39 is 10.0 Å². The zero-order valence-electron chi connectivity index (χ0n) is 12.2. The van der Waals surface area contributed by atoms with Gasteiger partial charge in [-0.25, -0.2) is 8.42 Å². The molecular weight excluding hydrogens is 284 g/mol. The molecule has 1 aliphatic rings. The number of benzene rings is 1. The molecule has 2 rings (SSSR count). The molecule has 1 aliphatic heterocycles. The average molecular weight is 306 g/mol. The molecule has 2 N–H and O–H groups in total. The van der Waals surface area contributed by atoms with Gasteiger partial charge in [0.1, 0.15) is 0 Å². The largest absolute Gasteiger partial charge is 0.320 e. The van der Waals surface area contributed by atoms with Gasteiger partial charge in [0.2, 0.25) is 10.0 Å². The van der Waals surface area contributed by atoms with E-state index in [-0.39, 0.29) is 6.54 Å². The summed E-state index contributed by atoms with van der Waals surface area (Å²) in [7, 11) is -3.41. The Bertz CT molecular complexity index is 621. The number of nitrogens with two attached hydrogens (primary N) is 1. The highest BCUT2D eigenvalue weighted by Gasteiger charge is 2.24. The highest BCUT2D eigenvalue weighted by molar-refractivity contribution is 7.89. The zero-order valence-corrected chi connectivity index (χ0v) is 13.0. The molecule has 0 bridgehead atoms. The molecule has 0 spiro atoms. The fourth-order valence-electron chi connectivity index (χ4n) is 2.50. The van der Waals surface area contributed by atoms with Crippen LogP contribution in [0.25, 0.3) is 0 Å². The smallest absolute Gasteiger partial charge is 0.243 e. The van der Waals surface area contributed by atoms with Gasteiger partial charge < -0.3 is 5.73 Å². The van der Waals surface area contributed by atoms with E-state index in [0.717, 1.165) is 25.7 Å². The third kappa shape index (κ3) is 4.31. The number of rotatable bonds is 2. The van der Waals surface area contributed by atoms with Crippen molar-refractivity contribution < 1.29 is 8.42 Å². The van der Waals surface area contributed by atoms with E-state index in [1.807, 2.05) is 0 Å². The van der Waals surface area contributed by atoms with Crippen molar-refractivity contribution in [2.75, 3.05) is 19.6 Å². The van der Waals surface area contributed by atoms with Gasteiger partial charge in [0.25, 0.3) is 0 Å². The van der Waals surface area contributed by atoms with Gasteiger partial charge in [-0.05, 0) is 31.0 Å². The van der Waals surface area contributed by atoms with E-state index in [1.165, 1.54) is 6.42 Å². The molecule has 0 atom stereocenters. The Morgan fingerprint density at radius 1 is 1.10 bits per heavy atom. The van der Waals surface area contributed by atoms with Crippen molar-refractivity contribution in [3.05, 3.63) is 29.8 Å². The summed E-state index contributed by atoms with van der Waals surface area (Å²) in [6, 6.07) is 6.81. The minimum absolute atomic E-state index is 0.267. The topological polar surface area (TPSA) is 63.4 Å². The van der Waals surface area contributed by atoms with E-state index in [9.17, 15) is 8.42 Å². The molecule has 0 amide bonds. The van der Waals surface area contributed by atoms with Gasteiger partial charge in [0, 0.05) is 18.7 Å². The van der Waals surface area contributed by atoms with Crippen molar-refractivity contribution in [3.63, 3.8) is 0 Å². The monoisotopic (exact) mass is 306 g/mol. The van der Waals surface area contributed by atoms with E-state index in [1.54, 1.807) is 28.6 Å². The minimum Gasteiger partial charge on any atom is -0.320 e. The first-order valence-electron chi connectivity index (χ1n) is 7.44. The van der Waals surface area contributed by atoms with Crippen molar-refractivity contribution in [3.8, 4) is 11.8 Å². The lowest BCUT2D eigenvalue weighted by atomic mass is 10.1. The molecule has 1 aromatic carbocycles. The summed E-state index contributed by atoms with van der Waals surface area (Å²) in [5.74, 6) is 5.63. The minimum atomic E-state index is -3.41. The number of sulfonamides is 1. The molecule has 4 nitrogen and oxygen atoms in total. The molecule has 0 aliphatic carbocycles. The fraction of sp³-hybridized carbons (Fsp3) is 0.500. The van der Waals surface area contributed by atoms with Crippen molar-refractivity contribution >= 4 is 10.0 Å². The molecule has 114 valence electrons. The predicted octanol–water partition coefficient (Wildman–Crippen LogP) is 1.95. The van der Waals surface area contributed by atoms with Crippen LogP contribution in [0, 0.1) is 11.8 Å². The molecule has 1 saturated heterocycles. The van der Waals surface area contributed by atoms with Gasteiger partial charge in [-0.3, -0.25) is 0 Å². The molecule has 1 fully saturated rings. The highest BCUT2D eigenvalue weighted by atomic mass is 32.2. The lowest BCUT2D eigenvalue weighted by Gasteiger charge is -2.24. The maximum absolute atomic E-state index is 12.7. The standard InChI is InChI=1S/C16H22N2O2S/c17-11-7-9-15-8-6-10-16(14-15)21(19,20)18-12-4-2-1-3-5-13-18/h6,8,10,14H,1-5,11-13,17H2. The fourth-order valence-corrected chi connectivity index (χ4v) is 4.06. The van der Waals surface area contributed by atoms with Gasteiger partial charge in [0.15, 0.2) is 0 Å². The Morgan fingerprint density at radius 2 is 1.76 bits per heavy atom. The van der Waals surface area contributed by atoms with E-state index in [0.29, 0.717) is 23.5 Å². The molecule has 0 radical (unpaired) electrons. The van der Waals surface area contributed by atoms with Crippen LogP contribution in [0.2, 0.25) is 0 Å². The van der Waals surface area contributed by atoms with Crippen LogP contribution in [0.3, 0.4) is 0 Å². The molecule has 21 heavy (non-hydrogen) atoms. The Balaban J connectivity index is 2.25. The van der Waals surface area contributed by atoms with Crippen molar-refractivity contribution in [2.24, 2.45) is 5.73 Å². The molecule has 0 saturated carbocycles. The Hall–Kier alpha value is -1.35. The summed E-state index contributed by atoms with van der Waals surface area (Å²) in [4.78, 5) is 0.326. The second kappa shape index (κ2) is 7.60. The molecule has 1 heterocycles. The van der Waals surface area contributed by atoms with Crippen LogP contribution in [0.4, 0.5) is 0 Å². The van der Waals surface area contributed by atoms with Crippen LogP contribution in [0.5, 0.6) is 0 Å². The molecule has 1 aromatic rings. The lowest BCUT2D eigenvalue weighted by molar-refractivity contribution is 0.364. The van der Waals surface area contributed by atoms with Crippen molar-refractivity contribution in [1.29, 1.82) is 0 Å². The molecular formula is C16H22N2O2S. The van der Waals surface area contributed by atoms with Crippen LogP contribution in [0.15, 0.2) is 29.2 Å². The highest BCUT2D eigenvalue weighted by Crippen LogP contribution is 2.20. The maximum atomic E-state index is 12.7. The maximum Gasteiger partial charge on any atom is 0.243 e. The van der Waals surface area contributed by atoms with Crippen LogP contribution >= 0.6 is 0 Å². The predicted molar refractivity (Wildman–Crippen MR) is 84.2 cm³/mol. The van der Waals surface area contributed by atoms with E-state index in [4.69, 9.17) is 5.73 Å². The van der Waals surface area contributed by atoms with Crippen LogP contribution < -0.4 is 5.73 Å². The SMILES string of the molecule is NCC#Cc1cccc(S(=O)(=O)N2CCCCCCC2)c1. The Morgan fingerprint density at radius 3 is 2.43 bits per heavy atom. The third-order valence-electron chi connectivity index (χ3n) is 3.62. The second-order valence-corrected chi connectivity index (χ2v) is 7.14. The number of hydrogen-bond acceptors (Lipinski definition) is 3. The Labute approximate surface area is 127 Å². The normalized spacial score (nSPS) is 17.4. The van der Waals surface area contributed by atoms with Gasteiger partial charge in [0.05, 0.1) is 11.4 Å². The van der Waals surface area contributed by atoms with E-state index in [2.05, 4.69) is 11.8 Å². The van der Waals surface area contributed by atoms with Gasteiger partial charge in [-0.1, -0.05) is 37.2 Å². The van der Waals surface area contributed by atoms with Gasteiger partial charge in [-0.2, -0.15) is 4.31 Å². The summed E-state index contributed by atoms with van der Waals surface area (Å²) in [5, 5.41) is 0.